The average molecular weight is 246 g/mol. The van der Waals surface area contributed by atoms with E-state index in [1.165, 1.54) is 18.2 Å². The predicted octanol–water partition coefficient (Wildman–Crippen LogP) is 2.56. The summed E-state index contributed by atoms with van der Waals surface area (Å²) in [7, 11) is 1.22. The molecule has 0 aliphatic heterocycles. The van der Waals surface area contributed by atoms with E-state index in [0.29, 0.717) is 5.56 Å². The van der Waals surface area contributed by atoms with Crippen molar-refractivity contribution in [1.82, 2.24) is 0 Å². The molecule has 96 valence electrons. The van der Waals surface area contributed by atoms with Crippen molar-refractivity contribution in [3.05, 3.63) is 34.9 Å². The van der Waals surface area contributed by atoms with Crippen LogP contribution in [0.5, 0.6) is 0 Å². The van der Waals surface area contributed by atoms with Gasteiger partial charge in [-0.15, -0.1) is 0 Å². The van der Waals surface area contributed by atoms with Crippen molar-refractivity contribution in [2.75, 3.05) is 7.11 Å². The molecule has 18 heavy (non-hydrogen) atoms. The summed E-state index contributed by atoms with van der Waals surface area (Å²) >= 11 is 0. The van der Waals surface area contributed by atoms with Crippen molar-refractivity contribution in [3.8, 4) is 0 Å². The lowest BCUT2D eigenvalue weighted by molar-refractivity contribution is -0.135. The minimum atomic E-state index is -0.800. The maximum absolute atomic E-state index is 11.7. The highest BCUT2D eigenvalue weighted by molar-refractivity contribution is 6.40. The molecule has 0 fully saturated rings. The Labute approximate surface area is 107 Å². The maximum atomic E-state index is 11.7. The lowest BCUT2D eigenvalue weighted by Gasteiger charge is -2.20. The molecule has 0 saturated carbocycles. The van der Waals surface area contributed by atoms with Gasteiger partial charge in [0.2, 0.25) is 0 Å². The van der Waals surface area contributed by atoms with Gasteiger partial charge >= 0.3 is 5.97 Å². The number of rotatable bonds is 3. The van der Waals surface area contributed by atoms with Crippen molar-refractivity contribution in [2.24, 2.45) is 5.41 Å². The van der Waals surface area contributed by atoms with Crippen LogP contribution in [0.1, 0.15) is 41.8 Å². The summed E-state index contributed by atoms with van der Waals surface area (Å²) < 4.78 is 4.46. The van der Waals surface area contributed by atoms with Gasteiger partial charge in [0, 0.05) is 5.56 Å². The van der Waals surface area contributed by atoms with Gasteiger partial charge in [0.15, 0.2) is 0 Å². The molecule has 0 heterocycles. The molecule has 0 saturated heterocycles. The number of carbonyl (C=O) groups is 2. The van der Waals surface area contributed by atoms with E-state index in [2.05, 4.69) is 18.6 Å². The average Bonchev–Trinajstić information content (AvgIpc) is 2.72. The van der Waals surface area contributed by atoms with Gasteiger partial charge in [-0.2, -0.15) is 0 Å². The fraction of sp³-hybridized carbons (Fsp3) is 0.467. The molecular formula is C15H18O3. The van der Waals surface area contributed by atoms with Crippen LogP contribution < -0.4 is 0 Å². The molecular weight excluding hydrogens is 228 g/mol. The molecule has 0 bridgehead atoms. The van der Waals surface area contributed by atoms with Crippen LogP contribution in [0.2, 0.25) is 0 Å². The van der Waals surface area contributed by atoms with Crippen LogP contribution in [0.3, 0.4) is 0 Å². The van der Waals surface area contributed by atoms with Crippen LogP contribution >= 0.6 is 0 Å². The van der Waals surface area contributed by atoms with Gasteiger partial charge in [-0.1, -0.05) is 32.4 Å². The highest BCUT2D eigenvalue weighted by Crippen LogP contribution is 2.39. The third-order valence-electron chi connectivity index (χ3n) is 3.93. The first-order chi connectivity index (χ1) is 8.49. The molecule has 1 aromatic rings. The number of methoxy groups -OCH3 is 1. The van der Waals surface area contributed by atoms with Crippen LogP contribution in [0.15, 0.2) is 18.2 Å². The summed E-state index contributed by atoms with van der Waals surface area (Å²) in [4.78, 5) is 23.0. The Bertz CT molecular complexity index is 504. The van der Waals surface area contributed by atoms with Crippen molar-refractivity contribution in [3.63, 3.8) is 0 Å². The smallest absolute Gasteiger partial charge is 0.379 e. The first-order valence-electron chi connectivity index (χ1n) is 6.23. The largest absolute Gasteiger partial charge is 0.463 e. The monoisotopic (exact) mass is 246 g/mol. The number of hydrogen-bond acceptors (Lipinski definition) is 3. The number of esters is 1. The van der Waals surface area contributed by atoms with Crippen molar-refractivity contribution in [2.45, 2.75) is 33.1 Å². The highest BCUT2D eigenvalue weighted by Gasteiger charge is 2.31. The van der Waals surface area contributed by atoms with Crippen molar-refractivity contribution < 1.29 is 14.3 Å². The quantitative estimate of drug-likeness (QED) is 0.467. The molecule has 2 rings (SSSR count). The lowest BCUT2D eigenvalue weighted by Crippen LogP contribution is -2.16. The summed E-state index contributed by atoms with van der Waals surface area (Å²) in [6, 6.07) is 5.53. The zero-order valence-electron chi connectivity index (χ0n) is 11.1. The van der Waals surface area contributed by atoms with Gasteiger partial charge in [-0.25, -0.2) is 4.79 Å². The number of ether oxygens (including phenoxy) is 1. The molecule has 0 amide bonds. The van der Waals surface area contributed by atoms with Gasteiger partial charge in [0.25, 0.3) is 5.78 Å². The zero-order chi connectivity index (χ0) is 13.3. The molecule has 1 aliphatic rings. The zero-order valence-corrected chi connectivity index (χ0v) is 11.1. The summed E-state index contributed by atoms with van der Waals surface area (Å²) in [6.45, 7) is 4.45. The number of carbonyl (C=O) groups excluding carboxylic acids is 2. The second kappa shape index (κ2) is 4.56. The molecule has 0 radical (unpaired) electrons. The Balaban J connectivity index is 2.29. The SMILES string of the molecule is CCC1(C)Cc2ccc(C(=O)C(=O)OC)cc2C1. The van der Waals surface area contributed by atoms with Gasteiger partial charge < -0.3 is 4.74 Å². The predicted molar refractivity (Wildman–Crippen MR) is 68.6 cm³/mol. The maximum Gasteiger partial charge on any atom is 0.379 e. The van der Waals surface area contributed by atoms with Crippen LogP contribution in [-0.4, -0.2) is 18.9 Å². The summed E-state index contributed by atoms with van der Waals surface area (Å²) in [6.07, 6.45) is 3.13. The van der Waals surface area contributed by atoms with E-state index in [-0.39, 0.29) is 5.41 Å². The molecule has 1 aromatic carbocycles. The second-order valence-corrected chi connectivity index (χ2v) is 5.32. The van der Waals surface area contributed by atoms with Gasteiger partial charge in [0.1, 0.15) is 0 Å². The van der Waals surface area contributed by atoms with Crippen LogP contribution in [0.25, 0.3) is 0 Å². The Hall–Kier alpha value is -1.64. The van der Waals surface area contributed by atoms with E-state index in [1.54, 1.807) is 6.07 Å². The minimum Gasteiger partial charge on any atom is -0.463 e. The molecule has 3 heteroatoms. The summed E-state index contributed by atoms with van der Waals surface area (Å²) in [5, 5.41) is 0. The lowest BCUT2D eigenvalue weighted by atomic mass is 9.85. The molecule has 0 N–H and O–H groups in total. The number of Topliss-reactive ketones (excluding diaryl/α,β-unsaturated/α-hetero) is 1. The second-order valence-electron chi connectivity index (χ2n) is 5.32. The molecule has 1 atom stereocenters. The normalized spacial score (nSPS) is 21.5. The summed E-state index contributed by atoms with van der Waals surface area (Å²) in [5.41, 5.74) is 3.20. The Morgan fingerprint density at radius 3 is 2.56 bits per heavy atom. The van der Waals surface area contributed by atoms with Gasteiger partial charge in [-0.3, -0.25) is 4.79 Å². The highest BCUT2D eigenvalue weighted by atomic mass is 16.5. The van der Waals surface area contributed by atoms with Gasteiger partial charge in [-0.05, 0) is 35.4 Å². The van der Waals surface area contributed by atoms with E-state index in [9.17, 15) is 9.59 Å². The summed E-state index contributed by atoms with van der Waals surface area (Å²) in [5.74, 6) is -1.36. The Morgan fingerprint density at radius 1 is 1.28 bits per heavy atom. The third kappa shape index (κ3) is 2.17. The standard InChI is InChI=1S/C15H18O3/c1-4-15(2)8-11-6-5-10(7-12(11)9-15)13(16)14(17)18-3/h5-7H,4,8-9H2,1-3H3. The fourth-order valence-electron chi connectivity index (χ4n) is 2.55. The number of fused-ring (bicyclic) bond motifs is 1. The number of benzene rings is 1. The van der Waals surface area contributed by atoms with E-state index >= 15 is 0 Å². The first kappa shape index (κ1) is 12.8. The van der Waals surface area contributed by atoms with E-state index in [1.807, 2.05) is 12.1 Å². The molecule has 0 spiro atoms. The fourth-order valence-corrected chi connectivity index (χ4v) is 2.55. The molecule has 1 unspecified atom stereocenters. The van der Waals surface area contributed by atoms with Crippen LogP contribution in [0, 0.1) is 5.41 Å². The number of ketones is 1. The topological polar surface area (TPSA) is 43.4 Å². The molecule has 0 aromatic heterocycles. The Kier molecular flexibility index (Phi) is 3.24. The minimum absolute atomic E-state index is 0.287. The third-order valence-corrected chi connectivity index (χ3v) is 3.93. The van der Waals surface area contributed by atoms with Gasteiger partial charge in [0.05, 0.1) is 7.11 Å². The van der Waals surface area contributed by atoms with E-state index in [4.69, 9.17) is 0 Å². The molecule has 1 aliphatic carbocycles. The Morgan fingerprint density at radius 2 is 1.94 bits per heavy atom. The van der Waals surface area contributed by atoms with E-state index < -0.39 is 11.8 Å². The van der Waals surface area contributed by atoms with Crippen LogP contribution in [0.4, 0.5) is 0 Å². The van der Waals surface area contributed by atoms with Crippen molar-refractivity contribution in [1.29, 1.82) is 0 Å². The van der Waals surface area contributed by atoms with E-state index in [0.717, 1.165) is 19.3 Å². The molecule has 3 nitrogen and oxygen atoms in total. The first-order valence-corrected chi connectivity index (χ1v) is 6.23. The van der Waals surface area contributed by atoms with Crippen molar-refractivity contribution >= 4 is 11.8 Å². The number of hydrogen-bond donors (Lipinski definition) is 0. The van der Waals surface area contributed by atoms with Crippen LogP contribution in [-0.2, 0) is 22.4 Å².